The summed E-state index contributed by atoms with van der Waals surface area (Å²) >= 11 is 5.63. The van der Waals surface area contributed by atoms with Crippen molar-refractivity contribution >= 4 is 23.3 Å². The minimum atomic E-state index is -0.636. The number of aryl methyl sites for hydroxylation is 1. The number of carbonyl (C=O) groups excluding carboxylic acids is 1. The van der Waals surface area contributed by atoms with Crippen LogP contribution in [-0.4, -0.2) is 22.1 Å². The minimum absolute atomic E-state index is 0.0251. The molecule has 20 heavy (non-hydrogen) atoms. The van der Waals surface area contributed by atoms with E-state index in [0.717, 1.165) is 13.0 Å². The number of imidazole rings is 1. The zero-order chi connectivity index (χ0) is 14.4. The molecule has 106 valence electrons. The average molecular weight is 297 g/mol. The van der Waals surface area contributed by atoms with E-state index in [0.29, 0.717) is 6.54 Å². The molecule has 2 N–H and O–H groups in total. The number of hydrogen-bond donors (Lipinski definition) is 2. The molecule has 1 aromatic heterocycles. The van der Waals surface area contributed by atoms with E-state index >= 15 is 0 Å². The first-order valence-electron chi connectivity index (χ1n) is 6.11. The lowest BCUT2D eigenvalue weighted by Crippen LogP contribution is -2.30. The number of carbonyl (C=O) groups is 1. The molecule has 0 aliphatic carbocycles. The second kappa shape index (κ2) is 6.91. The highest BCUT2D eigenvalue weighted by atomic mass is 35.5. The summed E-state index contributed by atoms with van der Waals surface area (Å²) in [5.41, 5.74) is 0.0598. The lowest BCUT2D eigenvalue weighted by atomic mass is 10.3. The molecular weight excluding hydrogens is 283 g/mol. The molecule has 0 saturated carbocycles. The molecule has 1 heterocycles. The Labute approximate surface area is 120 Å². The van der Waals surface area contributed by atoms with Gasteiger partial charge >= 0.3 is 6.03 Å². The van der Waals surface area contributed by atoms with Gasteiger partial charge in [-0.25, -0.2) is 14.2 Å². The first kappa shape index (κ1) is 14.3. The Morgan fingerprint density at radius 1 is 1.45 bits per heavy atom. The highest BCUT2D eigenvalue weighted by Crippen LogP contribution is 2.21. The van der Waals surface area contributed by atoms with E-state index in [2.05, 4.69) is 15.6 Å². The van der Waals surface area contributed by atoms with Gasteiger partial charge in [0.25, 0.3) is 0 Å². The van der Waals surface area contributed by atoms with E-state index in [9.17, 15) is 9.18 Å². The van der Waals surface area contributed by atoms with Crippen LogP contribution in [0.4, 0.5) is 14.9 Å². The van der Waals surface area contributed by atoms with Crippen LogP contribution in [0.5, 0.6) is 0 Å². The molecule has 1 aromatic carbocycles. The van der Waals surface area contributed by atoms with E-state index in [1.165, 1.54) is 12.1 Å². The zero-order valence-corrected chi connectivity index (χ0v) is 11.4. The molecule has 0 bridgehead atoms. The van der Waals surface area contributed by atoms with Crippen LogP contribution in [-0.2, 0) is 6.54 Å². The summed E-state index contributed by atoms with van der Waals surface area (Å²) in [7, 11) is 0. The van der Waals surface area contributed by atoms with Crippen molar-refractivity contribution in [2.45, 2.75) is 13.0 Å². The Bertz CT molecular complexity index is 574. The summed E-state index contributed by atoms with van der Waals surface area (Å²) in [5.74, 6) is -0.636. The summed E-state index contributed by atoms with van der Waals surface area (Å²) in [6, 6.07) is 3.98. The van der Waals surface area contributed by atoms with E-state index in [1.54, 1.807) is 18.6 Å². The van der Waals surface area contributed by atoms with Gasteiger partial charge in [0.1, 0.15) is 0 Å². The van der Waals surface area contributed by atoms with Gasteiger partial charge in [-0.2, -0.15) is 0 Å². The van der Waals surface area contributed by atoms with Gasteiger partial charge in [-0.15, -0.1) is 0 Å². The fourth-order valence-electron chi connectivity index (χ4n) is 1.65. The fourth-order valence-corrected chi connectivity index (χ4v) is 1.82. The predicted octanol–water partition coefficient (Wildman–Crippen LogP) is 2.89. The molecule has 0 spiro atoms. The van der Waals surface area contributed by atoms with Crippen LogP contribution < -0.4 is 10.6 Å². The molecular formula is C13H14ClFN4O. The van der Waals surface area contributed by atoms with Gasteiger partial charge in [-0.1, -0.05) is 17.7 Å². The number of nitrogens with zero attached hydrogens (tertiary/aromatic N) is 2. The number of hydrogen-bond acceptors (Lipinski definition) is 2. The highest BCUT2D eigenvalue weighted by Gasteiger charge is 2.08. The van der Waals surface area contributed by atoms with Crippen molar-refractivity contribution in [3.8, 4) is 0 Å². The third-order valence-corrected chi connectivity index (χ3v) is 2.93. The Hall–Kier alpha value is -2.08. The van der Waals surface area contributed by atoms with Gasteiger partial charge in [0.2, 0.25) is 0 Å². The smallest absolute Gasteiger partial charge is 0.319 e. The molecule has 0 radical (unpaired) electrons. The van der Waals surface area contributed by atoms with Crippen LogP contribution in [0.15, 0.2) is 36.9 Å². The average Bonchev–Trinajstić information content (AvgIpc) is 2.93. The van der Waals surface area contributed by atoms with Crippen molar-refractivity contribution in [3.63, 3.8) is 0 Å². The number of amides is 2. The highest BCUT2D eigenvalue weighted by molar-refractivity contribution is 6.31. The number of nitrogens with one attached hydrogen (secondary N) is 2. The molecule has 2 amide bonds. The maximum absolute atomic E-state index is 13.6. The second-order valence-electron chi connectivity index (χ2n) is 4.14. The summed E-state index contributed by atoms with van der Waals surface area (Å²) in [4.78, 5) is 15.5. The number of urea groups is 1. The van der Waals surface area contributed by atoms with Crippen molar-refractivity contribution in [1.29, 1.82) is 0 Å². The third kappa shape index (κ3) is 3.96. The molecule has 0 aliphatic heterocycles. The number of rotatable bonds is 5. The molecule has 0 unspecified atom stereocenters. The molecule has 0 fully saturated rings. The van der Waals surface area contributed by atoms with Crippen molar-refractivity contribution in [1.82, 2.24) is 14.9 Å². The molecule has 2 rings (SSSR count). The zero-order valence-electron chi connectivity index (χ0n) is 10.6. The minimum Gasteiger partial charge on any atom is -0.338 e. The first-order chi connectivity index (χ1) is 9.66. The van der Waals surface area contributed by atoms with Gasteiger partial charge in [0.05, 0.1) is 17.0 Å². The topological polar surface area (TPSA) is 59.0 Å². The van der Waals surface area contributed by atoms with Crippen LogP contribution in [0.2, 0.25) is 5.02 Å². The van der Waals surface area contributed by atoms with E-state index < -0.39 is 11.8 Å². The fraction of sp³-hybridized carbons (Fsp3) is 0.231. The Kier molecular flexibility index (Phi) is 4.95. The van der Waals surface area contributed by atoms with Gasteiger partial charge < -0.3 is 15.2 Å². The molecule has 0 aliphatic rings. The van der Waals surface area contributed by atoms with Gasteiger partial charge in [0, 0.05) is 25.5 Å². The van der Waals surface area contributed by atoms with E-state index in [1.807, 2.05) is 10.8 Å². The van der Waals surface area contributed by atoms with Crippen LogP contribution in [0.1, 0.15) is 6.42 Å². The summed E-state index contributed by atoms with van der Waals surface area (Å²) in [6.07, 6.45) is 6.01. The van der Waals surface area contributed by atoms with E-state index in [4.69, 9.17) is 11.6 Å². The number of anilines is 1. The Balaban J connectivity index is 1.74. The molecule has 7 heteroatoms. The van der Waals surface area contributed by atoms with Crippen LogP contribution >= 0.6 is 11.6 Å². The predicted molar refractivity (Wildman–Crippen MR) is 75.3 cm³/mol. The number of benzene rings is 1. The monoisotopic (exact) mass is 296 g/mol. The Morgan fingerprint density at radius 3 is 3.05 bits per heavy atom. The largest absolute Gasteiger partial charge is 0.338 e. The maximum Gasteiger partial charge on any atom is 0.319 e. The summed E-state index contributed by atoms with van der Waals surface area (Å²) < 4.78 is 15.5. The normalized spacial score (nSPS) is 10.3. The maximum atomic E-state index is 13.6. The molecule has 5 nitrogen and oxygen atoms in total. The van der Waals surface area contributed by atoms with Crippen LogP contribution in [0, 0.1) is 5.82 Å². The SMILES string of the molecule is O=C(NCCCn1ccnc1)Nc1cccc(Cl)c1F. The lowest BCUT2D eigenvalue weighted by Gasteiger charge is -2.09. The number of halogens is 2. The van der Waals surface area contributed by atoms with E-state index in [-0.39, 0.29) is 10.7 Å². The standard InChI is InChI=1S/C13H14ClFN4O/c14-10-3-1-4-11(12(10)15)18-13(20)17-5-2-7-19-8-6-16-9-19/h1,3-4,6,8-9H,2,5,7H2,(H2,17,18,20). The van der Waals surface area contributed by atoms with Crippen molar-refractivity contribution in [2.75, 3.05) is 11.9 Å². The summed E-state index contributed by atoms with van der Waals surface area (Å²) in [5, 5.41) is 5.04. The van der Waals surface area contributed by atoms with Crippen LogP contribution in [0.25, 0.3) is 0 Å². The van der Waals surface area contributed by atoms with Crippen LogP contribution in [0.3, 0.4) is 0 Å². The molecule has 0 saturated heterocycles. The third-order valence-electron chi connectivity index (χ3n) is 2.64. The first-order valence-corrected chi connectivity index (χ1v) is 6.49. The Morgan fingerprint density at radius 2 is 2.30 bits per heavy atom. The van der Waals surface area contributed by atoms with Crippen molar-refractivity contribution < 1.29 is 9.18 Å². The van der Waals surface area contributed by atoms with Gasteiger partial charge in [0.15, 0.2) is 5.82 Å². The van der Waals surface area contributed by atoms with Crippen molar-refractivity contribution in [2.24, 2.45) is 0 Å². The second-order valence-corrected chi connectivity index (χ2v) is 4.54. The van der Waals surface area contributed by atoms with Crippen molar-refractivity contribution in [3.05, 3.63) is 47.8 Å². The summed E-state index contributed by atoms with van der Waals surface area (Å²) in [6.45, 7) is 1.23. The lowest BCUT2D eigenvalue weighted by molar-refractivity contribution is 0.251. The number of aromatic nitrogens is 2. The van der Waals surface area contributed by atoms with Gasteiger partial charge in [-0.05, 0) is 18.6 Å². The quantitative estimate of drug-likeness (QED) is 0.834. The molecule has 2 aromatic rings. The molecule has 0 atom stereocenters. The van der Waals surface area contributed by atoms with Gasteiger partial charge in [-0.3, -0.25) is 0 Å².